The molecule has 0 unspecified atom stereocenters. The maximum absolute atomic E-state index is 13.1. The maximum atomic E-state index is 13.1. The molecule has 1 N–H and O–H groups in total. The highest BCUT2D eigenvalue weighted by atomic mass is 32.2. The molecule has 1 aliphatic heterocycles. The monoisotopic (exact) mass is 430 g/mol. The lowest BCUT2D eigenvalue weighted by Gasteiger charge is -2.29. The number of hydrogen-bond acceptors (Lipinski definition) is 5. The minimum atomic E-state index is -3.82. The first-order chi connectivity index (χ1) is 13.3. The predicted molar refractivity (Wildman–Crippen MR) is 110 cm³/mol. The fourth-order valence-electron chi connectivity index (χ4n) is 3.90. The van der Waals surface area contributed by atoms with Gasteiger partial charge in [-0.15, -0.1) is 0 Å². The summed E-state index contributed by atoms with van der Waals surface area (Å²) in [6.45, 7) is 2.48. The second-order valence-corrected chi connectivity index (χ2v) is 11.2. The smallest absolute Gasteiger partial charge is 0.244 e. The Bertz CT molecular complexity index is 876. The van der Waals surface area contributed by atoms with Gasteiger partial charge in [-0.25, -0.2) is 21.6 Å². The van der Waals surface area contributed by atoms with E-state index in [-0.39, 0.29) is 22.4 Å². The molecular weight excluding hydrogens is 400 g/mol. The molecule has 7 nitrogen and oxygen atoms in total. The second kappa shape index (κ2) is 9.00. The van der Waals surface area contributed by atoms with Gasteiger partial charge in [0.1, 0.15) is 10.6 Å². The van der Waals surface area contributed by atoms with Crippen molar-refractivity contribution in [2.75, 3.05) is 23.2 Å². The third-order valence-electron chi connectivity index (χ3n) is 5.33. The molecule has 0 atom stereocenters. The van der Waals surface area contributed by atoms with Crippen molar-refractivity contribution in [3.8, 4) is 5.75 Å². The summed E-state index contributed by atoms with van der Waals surface area (Å²) in [6, 6.07) is 4.53. The number of ether oxygens (including phenoxy) is 1. The van der Waals surface area contributed by atoms with Gasteiger partial charge in [0, 0.05) is 12.6 Å². The molecule has 0 bridgehead atoms. The standard InChI is InChI=1S/C19H30N2O5S2/c1-2-26-18-12-11-17(21-13-7-8-14-27(21,22)23)15-19(18)28(24,25)20-16-9-5-3-4-6-10-16/h11-12,15-16,20H,2-10,13-14H2,1H3. The van der Waals surface area contributed by atoms with E-state index in [1.807, 2.05) is 0 Å². The van der Waals surface area contributed by atoms with E-state index in [4.69, 9.17) is 4.74 Å². The quantitative estimate of drug-likeness (QED) is 0.700. The first-order valence-corrected chi connectivity index (χ1v) is 13.2. The molecule has 28 heavy (non-hydrogen) atoms. The molecule has 1 aromatic carbocycles. The van der Waals surface area contributed by atoms with Gasteiger partial charge >= 0.3 is 0 Å². The molecule has 1 saturated carbocycles. The third-order valence-corrected chi connectivity index (χ3v) is 8.74. The third kappa shape index (κ3) is 4.99. The molecule has 0 aromatic heterocycles. The number of benzene rings is 1. The van der Waals surface area contributed by atoms with E-state index in [1.54, 1.807) is 19.1 Å². The van der Waals surface area contributed by atoms with E-state index in [9.17, 15) is 16.8 Å². The average molecular weight is 431 g/mol. The summed E-state index contributed by atoms with van der Waals surface area (Å²) >= 11 is 0. The second-order valence-electron chi connectivity index (χ2n) is 7.47. The van der Waals surface area contributed by atoms with E-state index in [0.717, 1.165) is 44.9 Å². The summed E-state index contributed by atoms with van der Waals surface area (Å²) in [6.07, 6.45) is 7.32. The number of anilines is 1. The summed E-state index contributed by atoms with van der Waals surface area (Å²) in [5.74, 6) is 0.338. The van der Waals surface area contributed by atoms with E-state index in [2.05, 4.69) is 4.72 Å². The maximum Gasteiger partial charge on any atom is 0.244 e. The Hall–Kier alpha value is -1.32. The lowest BCUT2D eigenvalue weighted by atomic mass is 10.1. The fraction of sp³-hybridized carbons (Fsp3) is 0.684. The molecule has 158 valence electrons. The predicted octanol–water partition coefficient (Wildman–Crippen LogP) is 3.02. The molecular formula is C19H30N2O5S2. The topological polar surface area (TPSA) is 92.8 Å². The molecule has 1 heterocycles. The van der Waals surface area contributed by atoms with Crippen LogP contribution in [0.3, 0.4) is 0 Å². The van der Waals surface area contributed by atoms with Gasteiger partial charge in [0.2, 0.25) is 20.0 Å². The zero-order chi connectivity index (χ0) is 20.2. The Labute approximate surface area is 168 Å². The van der Waals surface area contributed by atoms with Crippen LogP contribution in [0.25, 0.3) is 0 Å². The summed E-state index contributed by atoms with van der Waals surface area (Å²) in [5.41, 5.74) is 0.379. The van der Waals surface area contributed by atoms with E-state index < -0.39 is 20.0 Å². The van der Waals surface area contributed by atoms with Crippen molar-refractivity contribution in [3.63, 3.8) is 0 Å². The molecule has 1 aromatic rings. The highest BCUT2D eigenvalue weighted by molar-refractivity contribution is 7.92. The van der Waals surface area contributed by atoms with E-state index in [1.165, 1.54) is 10.4 Å². The number of sulfonamides is 2. The van der Waals surface area contributed by atoms with Crippen molar-refractivity contribution in [1.82, 2.24) is 4.72 Å². The summed E-state index contributed by atoms with van der Waals surface area (Å²) in [5, 5.41) is 0. The van der Waals surface area contributed by atoms with Gasteiger partial charge in [-0.3, -0.25) is 4.31 Å². The SMILES string of the molecule is CCOc1ccc(N2CCCCS2(=O)=O)cc1S(=O)(=O)NC1CCCCCC1. The number of nitrogens with zero attached hydrogens (tertiary/aromatic N) is 1. The summed E-state index contributed by atoms with van der Waals surface area (Å²) in [7, 11) is -7.24. The molecule has 9 heteroatoms. The first-order valence-electron chi connectivity index (χ1n) is 10.1. The van der Waals surface area contributed by atoms with Gasteiger partial charge in [0.25, 0.3) is 0 Å². The molecule has 0 amide bonds. The van der Waals surface area contributed by atoms with Gasteiger partial charge in [0.05, 0.1) is 18.0 Å². The van der Waals surface area contributed by atoms with Crippen molar-refractivity contribution < 1.29 is 21.6 Å². The van der Waals surface area contributed by atoms with Crippen LogP contribution in [0.5, 0.6) is 5.75 Å². The van der Waals surface area contributed by atoms with Crippen LogP contribution in [0.2, 0.25) is 0 Å². The van der Waals surface area contributed by atoms with Gasteiger partial charge < -0.3 is 4.74 Å². The molecule has 1 saturated heterocycles. The van der Waals surface area contributed by atoms with Gasteiger partial charge in [-0.2, -0.15) is 0 Å². The van der Waals surface area contributed by atoms with Crippen molar-refractivity contribution in [1.29, 1.82) is 0 Å². The zero-order valence-corrected chi connectivity index (χ0v) is 18.0. The van der Waals surface area contributed by atoms with Crippen LogP contribution in [-0.2, 0) is 20.0 Å². The molecule has 0 radical (unpaired) electrons. The fourth-order valence-corrected chi connectivity index (χ4v) is 7.00. The van der Waals surface area contributed by atoms with Crippen LogP contribution in [-0.4, -0.2) is 41.8 Å². The van der Waals surface area contributed by atoms with Crippen LogP contribution in [0.1, 0.15) is 58.3 Å². The van der Waals surface area contributed by atoms with Crippen molar-refractivity contribution >= 4 is 25.7 Å². The van der Waals surface area contributed by atoms with E-state index in [0.29, 0.717) is 25.3 Å². The van der Waals surface area contributed by atoms with E-state index >= 15 is 0 Å². The van der Waals surface area contributed by atoms with Crippen LogP contribution in [0.15, 0.2) is 23.1 Å². The van der Waals surface area contributed by atoms with Gasteiger partial charge in [-0.05, 0) is 50.8 Å². The molecule has 1 aliphatic carbocycles. The van der Waals surface area contributed by atoms with Gasteiger partial charge in [-0.1, -0.05) is 25.7 Å². The lowest BCUT2D eigenvalue weighted by molar-refractivity contribution is 0.331. The Balaban J connectivity index is 1.94. The van der Waals surface area contributed by atoms with Crippen LogP contribution >= 0.6 is 0 Å². The number of rotatable bonds is 6. The van der Waals surface area contributed by atoms with Gasteiger partial charge in [0.15, 0.2) is 0 Å². The molecule has 3 rings (SSSR count). The van der Waals surface area contributed by atoms with Crippen molar-refractivity contribution in [2.45, 2.75) is 69.2 Å². The van der Waals surface area contributed by atoms with Crippen molar-refractivity contribution in [2.24, 2.45) is 0 Å². The molecule has 2 aliphatic rings. The Morgan fingerprint density at radius 3 is 2.46 bits per heavy atom. The normalized spacial score (nSPS) is 21.2. The highest BCUT2D eigenvalue weighted by Crippen LogP contribution is 2.32. The van der Waals surface area contributed by atoms with Crippen LogP contribution in [0, 0.1) is 0 Å². The Kier molecular flexibility index (Phi) is 6.88. The highest BCUT2D eigenvalue weighted by Gasteiger charge is 2.30. The average Bonchev–Trinajstić information content (AvgIpc) is 2.90. The first kappa shape index (κ1) is 21.4. The summed E-state index contributed by atoms with van der Waals surface area (Å²) < 4.78 is 60.9. The Morgan fingerprint density at radius 1 is 1.11 bits per heavy atom. The summed E-state index contributed by atoms with van der Waals surface area (Å²) in [4.78, 5) is 0.0110. The lowest BCUT2D eigenvalue weighted by Crippen LogP contribution is -2.38. The zero-order valence-electron chi connectivity index (χ0n) is 16.4. The van der Waals surface area contributed by atoms with Crippen LogP contribution in [0.4, 0.5) is 5.69 Å². The number of nitrogens with one attached hydrogen (secondary N) is 1. The minimum Gasteiger partial charge on any atom is -0.492 e. The largest absolute Gasteiger partial charge is 0.492 e. The molecule has 2 fully saturated rings. The van der Waals surface area contributed by atoms with Crippen LogP contribution < -0.4 is 13.8 Å². The number of hydrogen-bond donors (Lipinski definition) is 1. The molecule has 0 spiro atoms. The Morgan fingerprint density at radius 2 is 1.82 bits per heavy atom. The van der Waals surface area contributed by atoms with Crippen molar-refractivity contribution in [3.05, 3.63) is 18.2 Å². The minimum absolute atomic E-state index is 0.0110.